The van der Waals surface area contributed by atoms with E-state index in [-0.39, 0.29) is 24.8 Å². The van der Waals surface area contributed by atoms with Crippen LogP contribution in [0, 0.1) is 5.92 Å². The second kappa shape index (κ2) is 7.04. The lowest BCUT2D eigenvalue weighted by atomic mass is 10.1. The smallest absolute Gasteiger partial charge is 0.326 e. The molecule has 2 rings (SSSR count). The van der Waals surface area contributed by atoms with E-state index in [1.54, 1.807) is 16.7 Å². The van der Waals surface area contributed by atoms with Crippen LogP contribution in [0.15, 0.2) is 29.2 Å². The van der Waals surface area contributed by atoms with Crippen LogP contribution in [0.3, 0.4) is 0 Å². The molecule has 1 fully saturated rings. The number of anilines is 1. The summed E-state index contributed by atoms with van der Waals surface area (Å²) in [6, 6.07) is 6.68. The minimum atomic E-state index is -1.06. The van der Waals surface area contributed by atoms with E-state index in [4.69, 9.17) is 5.11 Å². The van der Waals surface area contributed by atoms with Crippen LogP contribution in [0.5, 0.6) is 0 Å². The number of carboxylic acid groups (broad SMARTS) is 1. The molecule has 1 aliphatic heterocycles. The van der Waals surface area contributed by atoms with Gasteiger partial charge >= 0.3 is 5.97 Å². The van der Waals surface area contributed by atoms with E-state index in [0.29, 0.717) is 0 Å². The number of thioether (sulfide) groups is 1. The number of carbonyl (C=O) groups excluding carboxylic acids is 2. The van der Waals surface area contributed by atoms with Gasteiger partial charge in [-0.1, -0.05) is 0 Å². The molecular weight excluding hydrogens is 316 g/mol. The number of hydrogen-bond donors (Lipinski definition) is 1. The first-order chi connectivity index (χ1) is 10.8. The van der Waals surface area contributed by atoms with Crippen LogP contribution < -0.4 is 4.90 Å². The quantitative estimate of drug-likeness (QED) is 0.828. The van der Waals surface area contributed by atoms with Gasteiger partial charge in [0.15, 0.2) is 0 Å². The maximum atomic E-state index is 12.4. The van der Waals surface area contributed by atoms with Gasteiger partial charge in [0.05, 0.1) is 5.92 Å². The minimum Gasteiger partial charge on any atom is -0.480 e. The summed E-state index contributed by atoms with van der Waals surface area (Å²) in [7, 11) is 1.46. The molecule has 0 aliphatic carbocycles. The summed E-state index contributed by atoms with van der Waals surface area (Å²) in [4.78, 5) is 39.5. The highest BCUT2D eigenvalue weighted by atomic mass is 32.2. The predicted molar refractivity (Wildman–Crippen MR) is 88.6 cm³/mol. The highest BCUT2D eigenvalue weighted by molar-refractivity contribution is 7.98. The third-order valence-corrected chi connectivity index (χ3v) is 4.89. The van der Waals surface area contributed by atoms with E-state index < -0.39 is 17.9 Å². The predicted octanol–water partition coefficient (Wildman–Crippen LogP) is 1.69. The fourth-order valence-electron chi connectivity index (χ4n) is 2.53. The van der Waals surface area contributed by atoms with Crippen molar-refractivity contribution in [2.45, 2.75) is 24.3 Å². The Bertz CT molecular complexity index is 617. The van der Waals surface area contributed by atoms with Gasteiger partial charge in [0.2, 0.25) is 11.8 Å². The van der Waals surface area contributed by atoms with Crippen molar-refractivity contribution >= 4 is 35.2 Å². The van der Waals surface area contributed by atoms with Gasteiger partial charge in [-0.05, 0) is 37.4 Å². The molecule has 6 nitrogen and oxygen atoms in total. The van der Waals surface area contributed by atoms with Crippen LogP contribution in [-0.4, -0.2) is 53.7 Å². The monoisotopic (exact) mass is 336 g/mol. The second-order valence-corrected chi connectivity index (χ2v) is 6.45. The average Bonchev–Trinajstić information content (AvgIpc) is 2.94. The molecule has 2 unspecified atom stereocenters. The standard InChI is InChI=1S/C16H20N2O4S/c1-10(16(21)22)17(2)15(20)11-8-14(19)18(9-11)12-4-6-13(23-3)7-5-12/h4-7,10-11H,8-9H2,1-3H3,(H,21,22). The fourth-order valence-corrected chi connectivity index (χ4v) is 2.94. The Kier molecular flexibility index (Phi) is 5.30. The van der Waals surface area contributed by atoms with Crippen LogP contribution >= 0.6 is 11.8 Å². The zero-order valence-electron chi connectivity index (χ0n) is 13.4. The van der Waals surface area contributed by atoms with Gasteiger partial charge in [0.25, 0.3) is 0 Å². The van der Waals surface area contributed by atoms with Crippen molar-refractivity contribution in [3.8, 4) is 0 Å². The third-order valence-electron chi connectivity index (χ3n) is 4.14. The van der Waals surface area contributed by atoms with Crippen molar-refractivity contribution in [1.29, 1.82) is 0 Å². The molecule has 124 valence electrons. The van der Waals surface area contributed by atoms with Crippen molar-refractivity contribution in [3.63, 3.8) is 0 Å². The number of nitrogens with zero attached hydrogens (tertiary/aromatic N) is 2. The maximum absolute atomic E-state index is 12.4. The normalized spacial score (nSPS) is 18.8. The maximum Gasteiger partial charge on any atom is 0.326 e. The Morgan fingerprint density at radius 2 is 1.96 bits per heavy atom. The number of carboxylic acids is 1. The largest absolute Gasteiger partial charge is 0.480 e. The number of aliphatic carboxylic acids is 1. The molecule has 1 aliphatic rings. The summed E-state index contributed by atoms with van der Waals surface area (Å²) in [5.74, 6) is -1.99. The molecular formula is C16H20N2O4S. The lowest BCUT2D eigenvalue weighted by Crippen LogP contribution is -2.43. The van der Waals surface area contributed by atoms with Crippen LogP contribution in [-0.2, 0) is 14.4 Å². The van der Waals surface area contributed by atoms with E-state index in [1.165, 1.54) is 18.9 Å². The van der Waals surface area contributed by atoms with E-state index in [1.807, 2.05) is 30.5 Å². The molecule has 0 spiro atoms. The summed E-state index contributed by atoms with van der Waals surface area (Å²) < 4.78 is 0. The number of likely N-dealkylation sites (N-methyl/N-ethyl adjacent to an activating group) is 1. The summed E-state index contributed by atoms with van der Waals surface area (Å²) in [5.41, 5.74) is 0.761. The molecule has 1 saturated heterocycles. The van der Waals surface area contributed by atoms with Gasteiger partial charge in [0.1, 0.15) is 6.04 Å². The van der Waals surface area contributed by atoms with Crippen molar-refractivity contribution in [2.24, 2.45) is 5.92 Å². The van der Waals surface area contributed by atoms with E-state index in [9.17, 15) is 14.4 Å². The number of carbonyl (C=O) groups is 3. The van der Waals surface area contributed by atoms with E-state index in [0.717, 1.165) is 10.6 Å². The summed E-state index contributed by atoms with van der Waals surface area (Å²) in [6.07, 6.45) is 2.09. The fraction of sp³-hybridized carbons (Fsp3) is 0.438. The van der Waals surface area contributed by atoms with Gasteiger partial charge in [0, 0.05) is 30.6 Å². The van der Waals surface area contributed by atoms with E-state index >= 15 is 0 Å². The van der Waals surface area contributed by atoms with Gasteiger partial charge in [-0.2, -0.15) is 0 Å². The van der Waals surface area contributed by atoms with Crippen molar-refractivity contribution in [1.82, 2.24) is 4.90 Å². The van der Waals surface area contributed by atoms with E-state index in [2.05, 4.69) is 0 Å². The molecule has 1 heterocycles. The molecule has 2 amide bonds. The number of benzene rings is 1. The van der Waals surface area contributed by atoms with Crippen LogP contribution in [0.25, 0.3) is 0 Å². The third kappa shape index (κ3) is 3.67. The first-order valence-corrected chi connectivity index (χ1v) is 8.51. The first-order valence-electron chi connectivity index (χ1n) is 7.29. The lowest BCUT2D eigenvalue weighted by Gasteiger charge is -2.24. The van der Waals surface area contributed by atoms with Crippen LogP contribution in [0.4, 0.5) is 5.69 Å². The summed E-state index contributed by atoms with van der Waals surface area (Å²) in [5, 5.41) is 9.00. The zero-order chi connectivity index (χ0) is 17.1. The molecule has 0 saturated carbocycles. The van der Waals surface area contributed by atoms with Crippen LogP contribution in [0.2, 0.25) is 0 Å². The molecule has 7 heteroatoms. The van der Waals surface area contributed by atoms with Crippen molar-refractivity contribution in [2.75, 3.05) is 24.7 Å². The summed E-state index contributed by atoms with van der Waals surface area (Å²) in [6.45, 7) is 1.74. The number of hydrogen-bond acceptors (Lipinski definition) is 4. The lowest BCUT2D eigenvalue weighted by molar-refractivity contribution is -0.149. The highest BCUT2D eigenvalue weighted by Crippen LogP contribution is 2.28. The zero-order valence-corrected chi connectivity index (χ0v) is 14.2. The molecule has 1 aromatic carbocycles. The van der Waals surface area contributed by atoms with Gasteiger partial charge in [-0.15, -0.1) is 11.8 Å². The average molecular weight is 336 g/mol. The van der Waals surface area contributed by atoms with Gasteiger partial charge in [-0.3, -0.25) is 9.59 Å². The molecule has 23 heavy (non-hydrogen) atoms. The second-order valence-electron chi connectivity index (χ2n) is 5.57. The Hall–Kier alpha value is -2.02. The van der Waals surface area contributed by atoms with Crippen molar-refractivity contribution < 1.29 is 19.5 Å². The molecule has 0 aromatic heterocycles. The van der Waals surface area contributed by atoms with Crippen LogP contribution in [0.1, 0.15) is 13.3 Å². The summed E-state index contributed by atoms with van der Waals surface area (Å²) >= 11 is 1.62. The number of amides is 2. The SMILES string of the molecule is CSc1ccc(N2CC(C(=O)N(C)C(C)C(=O)O)CC2=O)cc1. The van der Waals surface area contributed by atoms with Gasteiger partial charge in [-0.25, -0.2) is 4.79 Å². The van der Waals surface area contributed by atoms with Gasteiger partial charge < -0.3 is 14.9 Å². The Balaban J connectivity index is 2.09. The topological polar surface area (TPSA) is 77.9 Å². The first kappa shape index (κ1) is 17.3. The Morgan fingerprint density at radius 3 is 2.48 bits per heavy atom. The highest BCUT2D eigenvalue weighted by Gasteiger charge is 2.38. The minimum absolute atomic E-state index is 0.111. The molecule has 0 radical (unpaired) electrons. The molecule has 1 N–H and O–H groups in total. The Labute approximate surface area is 139 Å². The molecule has 1 aromatic rings. The number of rotatable bonds is 5. The molecule has 2 atom stereocenters. The van der Waals surface area contributed by atoms with Crippen molar-refractivity contribution in [3.05, 3.63) is 24.3 Å². The Morgan fingerprint density at radius 1 is 1.35 bits per heavy atom. The molecule has 0 bridgehead atoms.